The van der Waals surface area contributed by atoms with Crippen molar-refractivity contribution in [1.29, 1.82) is 0 Å². The molecule has 1 aliphatic rings. The Labute approximate surface area is 144 Å². The zero-order chi connectivity index (χ0) is 17.5. The fourth-order valence-corrected chi connectivity index (χ4v) is 2.93. The monoisotopic (exact) mass is 337 g/mol. The quantitative estimate of drug-likeness (QED) is 0.778. The van der Waals surface area contributed by atoms with Crippen LogP contribution in [-0.4, -0.2) is 78.0 Å². The van der Waals surface area contributed by atoms with Crippen molar-refractivity contribution < 1.29 is 9.53 Å². The Morgan fingerprint density at radius 1 is 1.33 bits per heavy atom. The van der Waals surface area contributed by atoms with Crippen molar-refractivity contribution in [2.24, 2.45) is 0 Å². The zero-order valence-electron chi connectivity index (χ0n) is 15.4. The number of piperazine rings is 1. The van der Waals surface area contributed by atoms with Crippen molar-refractivity contribution in [3.63, 3.8) is 0 Å². The van der Waals surface area contributed by atoms with Gasteiger partial charge in [0.25, 0.3) is 0 Å². The summed E-state index contributed by atoms with van der Waals surface area (Å²) in [4.78, 5) is 17.2. The largest absolute Gasteiger partial charge is 0.383 e. The number of nitrogens with one attached hydrogen (secondary N) is 1. The first kappa shape index (κ1) is 18.9. The number of carbonyl (C=O) groups is 1. The molecule has 1 amide bonds. The molecule has 2 atom stereocenters. The summed E-state index contributed by atoms with van der Waals surface area (Å²) in [5, 5.41) is 7.35. The lowest BCUT2D eigenvalue weighted by Gasteiger charge is -2.37. The van der Waals surface area contributed by atoms with Crippen LogP contribution in [-0.2, 0) is 9.53 Å². The lowest BCUT2D eigenvalue weighted by Crippen LogP contribution is -2.53. The molecule has 2 heterocycles. The van der Waals surface area contributed by atoms with Crippen LogP contribution in [0.5, 0.6) is 0 Å². The second-order valence-electron chi connectivity index (χ2n) is 6.45. The highest BCUT2D eigenvalue weighted by Crippen LogP contribution is 2.17. The number of nitrogens with zero attached hydrogens (tertiary/aromatic N) is 4. The standard InChI is InChI=1S/C17H31N5O2/c1-5-14(2)22-16(6-7-18-22)19-17(23)15(3)21-10-8-20(9-11-21)12-13-24-4/h6-7,14-15H,5,8-13H2,1-4H3,(H,19,23). The first-order valence-electron chi connectivity index (χ1n) is 8.86. The van der Waals surface area contributed by atoms with Gasteiger partial charge in [-0.25, -0.2) is 4.68 Å². The molecular formula is C17H31N5O2. The summed E-state index contributed by atoms with van der Waals surface area (Å²) in [6.07, 6.45) is 2.71. The molecule has 0 radical (unpaired) electrons. The smallest absolute Gasteiger partial charge is 0.242 e. The Bertz CT molecular complexity index is 511. The first-order chi connectivity index (χ1) is 11.6. The van der Waals surface area contributed by atoms with Crippen molar-refractivity contribution in [2.75, 3.05) is 51.8 Å². The Morgan fingerprint density at radius 2 is 2.04 bits per heavy atom. The van der Waals surface area contributed by atoms with Crippen molar-refractivity contribution >= 4 is 11.7 Å². The molecule has 0 saturated carbocycles. The molecule has 1 aromatic heterocycles. The predicted molar refractivity (Wildman–Crippen MR) is 95.2 cm³/mol. The van der Waals surface area contributed by atoms with E-state index in [9.17, 15) is 4.79 Å². The fraction of sp³-hybridized carbons (Fsp3) is 0.765. The SMILES string of the molecule is CCC(C)n1nccc1NC(=O)C(C)N1CCN(CCOC)CC1. The third-order valence-electron chi connectivity index (χ3n) is 4.88. The Balaban J connectivity index is 1.86. The number of ether oxygens (including phenoxy) is 1. The number of anilines is 1. The predicted octanol–water partition coefficient (Wildman–Crippen LogP) is 1.45. The average Bonchev–Trinajstić information content (AvgIpc) is 3.07. The fourth-order valence-electron chi connectivity index (χ4n) is 2.93. The van der Waals surface area contributed by atoms with Crippen LogP contribution in [0.4, 0.5) is 5.82 Å². The van der Waals surface area contributed by atoms with Crippen LogP contribution < -0.4 is 5.32 Å². The van der Waals surface area contributed by atoms with E-state index < -0.39 is 0 Å². The minimum atomic E-state index is -0.144. The van der Waals surface area contributed by atoms with E-state index >= 15 is 0 Å². The van der Waals surface area contributed by atoms with Gasteiger partial charge in [-0.2, -0.15) is 5.10 Å². The minimum Gasteiger partial charge on any atom is -0.383 e. The van der Waals surface area contributed by atoms with E-state index in [4.69, 9.17) is 4.74 Å². The zero-order valence-corrected chi connectivity index (χ0v) is 15.4. The van der Waals surface area contributed by atoms with E-state index in [-0.39, 0.29) is 18.0 Å². The maximum absolute atomic E-state index is 12.6. The highest BCUT2D eigenvalue weighted by molar-refractivity contribution is 5.93. The summed E-state index contributed by atoms with van der Waals surface area (Å²) < 4.78 is 7.01. The van der Waals surface area contributed by atoms with Crippen molar-refractivity contribution in [2.45, 2.75) is 39.3 Å². The van der Waals surface area contributed by atoms with Crippen LogP contribution in [0.25, 0.3) is 0 Å². The van der Waals surface area contributed by atoms with E-state index in [1.54, 1.807) is 13.3 Å². The topological polar surface area (TPSA) is 62.6 Å². The summed E-state index contributed by atoms with van der Waals surface area (Å²) in [5.41, 5.74) is 0. The molecule has 7 heteroatoms. The molecule has 2 rings (SSSR count). The Morgan fingerprint density at radius 3 is 2.67 bits per heavy atom. The lowest BCUT2D eigenvalue weighted by molar-refractivity contribution is -0.121. The molecule has 24 heavy (non-hydrogen) atoms. The van der Waals surface area contributed by atoms with Gasteiger partial charge >= 0.3 is 0 Å². The van der Waals surface area contributed by atoms with Crippen LogP contribution in [0.15, 0.2) is 12.3 Å². The second-order valence-corrected chi connectivity index (χ2v) is 6.45. The van der Waals surface area contributed by atoms with Gasteiger partial charge < -0.3 is 10.1 Å². The Kier molecular flexibility index (Phi) is 7.20. The maximum Gasteiger partial charge on any atom is 0.242 e. The second kappa shape index (κ2) is 9.15. The van der Waals surface area contributed by atoms with Crippen LogP contribution in [0.2, 0.25) is 0 Å². The number of rotatable bonds is 8. The molecule has 1 aliphatic heterocycles. The van der Waals surface area contributed by atoms with Gasteiger partial charge in [-0.15, -0.1) is 0 Å². The van der Waals surface area contributed by atoms with Gasteiger partial charge in [-0.1, -0.05) is 6.92 Å². The molecule has 0 spiro atoms. The van der Waals surface area contributed by atoms with E-state index in [0.29, 0.717) is 0 Å². The summed E-state index contributed by atoms with van der Waals surface area (Å²) in [5.74, 6) is 0.810. The third-order valence-corrected chi connectivity index (χ3v) is 4.88. The molecule has 0 aliphatic carbocycles. The normalized spacial score (nSPS) is 19.2. The van der Waals surface area contributed by atoms with E-state index in [1.165, 1.54) is 0 Å². The number of methoxy groups -OCH3 is 1. The molecule has 1 saturated heterocycles. The molecule has 2 unspecified atom stereocenters. The molecule has 1 N–H and O–H groups in total. The van der Waals surface area contributed by atoms with Crippen LogP contribution in [0, 0.1) is 0 Å². The number of amides is 1. The van der Waals surface area contributed by atoms with Crippen LogP contribution in [0.3, 0.4) is 0 Å². The Hall–Kier alpha value is -1.44. The van der Waals surface area contributed by atoms with Gasteiger partial charge in [0.05, 0.1) is 24.9 Å². The minimum absolute atomic E-state index is 0.0328. The van der Waals surface area contributed by atoms with Crippen LogP contribution >= 0.6 is 0 Å². The third kappa shape index (κ3) is 4.78. The highest BCUT2D eigenvalue weighted by Gasteiger charge is 2.26. The summed E-state index contributed by atoms with van der Waals surface area (Å²) >= 11 is 0. The van der Waals surface area contributed by atoms with Crippen molar-refractivity contribution in [1.82, 2.24) is 19.6 Å². The van der Waals surface area contributed by atoms with E-state index in [1.807, 2.05) is 17.7 Å². The lowest BCUT2D eigenvalue weighted by atomic mass is 10.2. The highest BCUT2D eigenvalue weighted by atomic mass is 16.5. The van der Waals surface area contributed by atoms with Gasteiger partial charge in [-0.3, -0.25) is 14.6 Å². The first-order valence-corrected chi connectivity index (χ1v) is 8.86. The van der Waals surface area contributed by atoms with Crippen LogP contribution in [0.1, 0.15) is 33.2 Å². The number of aromatic nitrogens is 2. The molecule has 1 fully saturated rings. The van der Waals surface area contributed by atoms with E-state index in [2.05, 4.69) is 34.1 Å². The number of hydrogen-bond acceptors (Lipinski definition) is 5. The van der Waals surface area contributed by atoms with Gasteiger partial charge in [0, 0.05) is 45.9 Å². The van der Waals surface area contributed by atoms with Gasteiger partial charge in [0.15, 0.2) is 0 Å². The molecule has 0 bridgehead atoms. The molecule has 136 valence electrons. The van der Waals surface area contributed by atoms with Crippen molar-refractivity contribution in [3.8, 4) is 0 Å². The number of carbonyl (C=O) groups excluding carboxylic acids is 1. The molecule has 7 nitrogen and oxygen atoms in total. The average molecular weight is 337 g/mol. The summed E-state index contributed by atoms with van der Waals surface area (Å²) in [7, 11) is 1.73. The van der Waals surface area contributed by atoms with Gasteiger partial charge in [0.2, 0.25) is 5.91 Å². The number of hydrogen-bond donors (Lipinski definition) is 1. The molecular weight excluding hydrogens is 306 g/mol. The molecule has 0 aromatic carbocycles. The van der Waals surface area contributed by atoms with Crippen molar-refractivity contribution in [3.05, 3.63) is 12.3 Å². The van der Waals surface area contributed by atoms with Gasteiger partial charge in [0.1, 0.15) is 5.82 Å². The summed E-state index contributed by atoms with van der Waals surface area (Å²) in [6, 6.07) is 1.99. The van der Waals surface area contributed by atoms with Gasteiger partial charge in [-0.05, 0) is 20.3 Å². The summed E-state index contributed by atoms with van der Waals surface area (Å²) in [6.45, 7) is 11.7. The molecule has 1 aromatic rings. The maximum atomic E-state index is 12.6. The van der Waals surface area contributed by atoms with E-state index in [0.717, 1.165) is 51.6 Å².